The molecular weight excluding hydrogens is 527 g/mol. The topological polar surface area (TPSA) is 103 Å². The number of nitrogen functional groups attached to an aromatic ring is 1. The van der Waals surface area contributed by atoms with Crippen molar-refractivity contribution in [1.29, 1.82) is 0 Å². The summed E-state index contributed by atoms with van der Waals surface area (Å²) in [5.74, 6) is 1.57. The van der Waals surface area contributed by atoms with Crippen molar-refractivity contribution in [3.63, 3.8) is 0 Å². The number of imidazole rings is 1. The van der Waals surface area contributed by atoms with Crippen molar-refractivity contribution in [3.8, 4) is 11.4 Å². The summed E-state index contributed by atoms with van der Waals surface area (Å²) >= 11 is 8.72. The SMILES string of the molecule is NC1=C2CC(c3ccccc3)C(CCCOc3cc(N)ccc3-n3cnc(Cl)c3)=C2NC=N1.[Cl][Fe]. The third-order valence-electron chi connectivity index (χ3n) is 6.04. The van der Waals surface area contributed by atoms with E-state index in [9.17, 15) is 0 Å². The molecule has 0 saturated carbocycles. The molecule has 0 fully saturated rings. The number of aliphatic imine (C=N–C) groups is 1. The first-order chi connectivity index (χ1) is 17.1. The molecule has 2 aliphatic rings. The number of aromatic nitrogens is 2. The number of benzene rings is 2. The fourth-order valence-electron chi connectivity index (χ4n) is 4.49. The Morgan fingerprint density at radius 2 is 1.94 bits per heavy atom. The first-order valence-electron chi connectivity index (χ1n) is 11.0. The van der Waals surface area contributed by atoms with E-state index in [0.29, 0.717) is 29.0 Å². The zero-order valence-corrected chi connectivity index (χ0v) is 21.4. The molecule has 2 aromatic carbocycles. The van der Waals surface area contributed by atoms with Crippen molar-refractivity contribution >= 4 is 33.7 Å². The second kappa shape index (κ2) is 11.7. The molecule has 1 unspecified atom stereocenters. The first-order valence-corrected chi connectivity index (χ1v) is 12.9. The van der Waals surface area contributed by atoms with Gasteiger partial charge in [-0.25, -0.2) is 9.98 Å². The van der Waals surface area contributed by atoms with Crippen LogP contribution in [0.2, 0.25) is 5.15 Å². The number of nitrogens with one attached hydrogen (secondary N) is 1. The molecule has 3 aromatic rings. The number of halogens is 2. The molecule has 7 nitrogen and oxygen atoms in total. The van der Waals surface area contributed by atoms with Crippen LogP contribution in [0, 0.1) is 0 Å². The molecular formula is C25H25Cl2FeN6O. The van der Waals surface area contributed by atoms with E-state index < -0.39 is 0 Å². The van der Waals surface area contributed by atoms with Crippen LogP contribution in [0.3, 0.4) is 0 Å². The molecule has 0 radical (unpaired) electrons. The van der Waals surface area contributed by atoms with E-state index in [1.54, 1.807) is 18.9 Å². The molecule has 183 valence electrons. The van der Waals surface area contributed by atoms with Gasteiger partial charge in [-0.05, 0) is 42.5 Å². The molecule has 1 atom stereocenters. The average molecular weight is 552 g/mol. The van der Waals surface area contributed by atoms with Crippen molar-refractivity contribution in [2.45, 2.75) is 25.2 Å². The van der Waals surface area contributed by atoms with E-state index in [2.05, 4.69) is 64.8 Å². The monoisotopic (exact) mass is 551 g/mol. The number of fused-ring (bicyclic) bond motifs is 1. The van der Waals surface area contributed by atoms with Gasteiger partial charge in [0.25, 0.3) is 0 Å². The number of allylic oxidation sites excluding steroid dienone is 2. The van der Waals surface area contributed by atoms with E-state index >= 15 is 0 Å². The zero-order valence-electron chi connectivity index (χ0n) is 18.8. The van der Waals surface area contributed by atoms with Crippen LogP contribution in [0.1, 0.15) is 30.7 Å². The summed E-state index contributed by atoms with van der Waals surface area (Å²) < 4.78 is 7.99. The van der Waals surface area contributed by atoms with Gasteiger partial charge in [-0.3, -0.25) is 0 Å². The van der Waals surface area contributed by atoms with Gasteiger partial charge in [-0.1, -0.05) is 41.9 Å². The predicted molar refractivity (Wildman–Crippen MR) is 137 cm³/mol. The van der Waals surface area contributed by atoms with Crippen LogP contribution in [-0.2, 0) is 15.1 Å². The van der Waals surface area contributed by atoms with Crippen LogP contribution < -0.4 is 21.5 Å². The predicted octanol–water partition coefficient (Wildman–Crippen LogP) is 5.20. The Labute approximate surface area is 221 Å². The fourth-order valence-corrected chi connectivity index (χ4v) is 4.64. The van der Waals surface area contributed by atoms with E-state index in [4.69, 9.17) is 27.8 Å². The number of rotatable bonds is 7. The number of hydrogen-bond acceptors (Lipinski definition) is 6. The number of nitrogens with two attached hydrogens (primary N) is 2. The summed E-state index contributed by atoms with van der Waals surface area (Å²) in [7, 11) is 4.39. The molecule has 35 heavy (non-hydrogen) atoms. The standard InChI is InChI=1S/C25H25ClN6O.ClH.Fe/c26-23-13-32(15-31-23)21-9-8-17(27)11-22(21)33-10-4-7-18-19(16-5-2-1-3-6-16)12-20-24(18)29-14-30-25(20)28;;/h1-3,5-6,8-9,11,13-15,19H,4,7,10,12,27-28H2,(H,29,30);1H;/q;;+1/p-1. The Kier molecular flexibility index (Phi) is 8.41. The van der Waals surface area contributed by atoms with E-state index in [1.807, 2.05) is 28.8 Å². The number of hydrogen-bond donors (Lipinski definition) is 3. The molecule has 0 amide bonds. The summed E-state index contributed by atoms with van der Waals surface area (Å²) in [5.41, 5.74) is 18.5. The second-order valence-corrected chi connectivity index (χ2v) is 8.50. The summed E-state index contributed by atoms with van der Waals surface area (Å²) in [4.78, 5) is 8.34. The van der Waals surface area contributed by atoms with E-state index in [1.165, 1.54) is 11.1 Å². The molecule has 5 rings (SSSR count). The maximum atomic E-state index is 6.20. The second-order valence-electron chi connectivity index (χ2n) is 8.12. The molecule has 0 bridgehead atoms. The van der Waals surface area contributed by atoms with Crippen LogP contribution in [0.15, 0.2) is 88.7 Å². The van der Waals surface area contributed by atoms with Crippen LogP contribution in [0.5, 0.6) is 5.75 Å². The molecule has 1 aliphatic carbocycles. The van der Waals surface area contributed by atoms with Gasteiger partial charge >= 0.3 is 25.2 Å². The fraction of sp³-hybridized carbons (Fsp3) is 0.200. The van der Waals surface area contributed by atoms with Gasteiger partial charge < -0.3 is 26.1 Å². The van der Waals surface area contributed by atoms with E-state index in [0.717, 1.165) is 36.2 Å². The Hall–Kier alpha value is -2.90. The zero-order chi connectivity index (χ0) is 24.8. The Morgan fingerprint density at radius 1 is 1.14 bits per heavy atom. The summed E-state index contributed by atoms with van der Waals surface area (Å²) in [6, 6.07) is 16.1. The van der Waals surface area contributed by atoms with Crippen LogP contribution in [0.4, 0.5) is 5.69 Å². The van der Waals surface area contributed by atoms with Crippen molar-refractivity contribution in [2.24, 2.45) is 10.7 Å². The molecule has 10 heteroatoms. The van der Waals surface area contributed by atoms with Gasteiger partial charge in [-0.15, -0.1) is 0 Å². The van der Waals surface area contributed by atoms with E-state index in [-0.39, 0.29) is 5.92 Å². The van der Waals surface area contributed by atoms with Crippen molar-refractivity contribution in [1.82, 2.24) is 14.9 Å². The van der Waals surface area contributed by atoms with Gasteiger partial charge in [0.1, 0.15) is 23.1 Å². The van der Waals surface area contributed by atoms with Crippen molar-refractivity contribution in [3.05, 3.63) is 94.4 Å². The van der Waals surface area contributed by atoms with Gasteiger partial charge in [0, 0.05) is 35.1 Å². The minimum absolute atomic E-state index is 0.278. The van der Waals surface area contributed by atoms with Crippen LogP contribution in [-0.4, -0.2) is 22.5 Å². The average Bonchev–Trinajstić information content (AvgIpc) is 3.48. The third kappa shape index (κ3) is 5.68. The maximum absolute atomic E-state index is 6.20. The van der Waals surface area contributed by atoms with Gasteiger partial charge in [0.15, 0.2) is 0 Å². The number of ether oxygens (including phenoxy) is 1. The molecule has 1 aliphatic heterocycles. The minimum atomic E-state index is 0.278. The van der Waals surface area contributed by atoms with Crippen molar-refractivity contribution < 1.29 is 19.8 Å². The summed E-state index contributed by atoms with van der Waals surface area (Å²) in [6.07, 6.45) is 7.64. The molecule has 5 N–H and O–H groups in total. The normalized spacial score (nSPS) is 16.5. The molecule has 0 saturated heterocycles. The van der Waals surface area contributed by atoms with Gasteiger partial charge in [0.05, 0.1) is 18.6 Å². The number of anilines is 1. The summed E-state index contributed by atoms with van der Waals surface area (Å²) in [5, 5.41) is 3.75. The quantitative estimate of drug-likeness (QED) is 0.213. The third-order valence-corrected chi connectivity index (χ3v) is 6.23. The molecule has 1 aromatic heterocycles. The molecule has 2 heterocycles. The van der Waals surface area contributed by atoms with Gasteiger partial charge in [0.2, 0.25) is 0 Å². The Balaban J connectivity index is 0.00000141. The van der Waals surface area contributed by atoms with Gasteiger partial charge in [-0.2, -0.15) is 0 Å². The van der Waals surface area contributed by atoms with Crippen LogP contribution in [0.25, 0.3) is 5.69 Å². The van der Waals surface area contributed by atoms with Crippen molar-refractivity contribution in [2.75, 3.05) is 12.3 Å². The summed E-state index contributed by atoms with van der Waals surface area (Å²) in [6.45, 7) is 0.541. The first kappa shape index (κ1) is 25.2. The Bertz CT molecular complexity index is 1270. The molecule has 0 spiro atoms. The van der Waals surface area contributed by atoms with Crippen LogP contribution >= 0.6 is 21.7 Å². The number of nitrogens with zero attached hydrogens (tertiary/aromatic N) is 3. The Morgan fingerprint density at radius 3 is 2.69 bits per heavy atom.